The molecular formula is C10H17NO3. The van der Waals surface area contributed by atoms with Crippen molar-refractivity contribution in [3.63, 3.8) is 0 Å². The molecule has 0 aromatic heterocycles. The zero-order valence-electron chi connectivity index (χ0n) is 8.45. The topological polar surface area (TPSA) is 66.4 Å². The van der Waals surface area contributed by atoms with E-state index in [2.05, 4.69) is 5.32 Å². The lowest BCUT2D eigenvalue weighted by molar-refractivity contribution is -0.138. The number of carbonyl (C=O) groups is 2. The molecular weight excluding hydrogens is 182 g/mol. The van der Waals surface area contributed by atoms with Gasteiger partial charge in [0.2, 0.25) is 5.91 Å². The Morgan fingerprint density at radius 2 is 2.14 bits per heavy atom. The standard InChI is InChI=1S/C10H17NO3/c1-2-8(6-9(12)13)11-10(14)7-4-3-5-7/h7-8H,2-6H2,1H3,(H,11,14)(H,12,13)/t8-/m0/s1. The number of nitrogens with one attached hydrogen (secondary N) is 1. The summed E-state index contributed by atoms with van der Waals surface area (Å²) >= 11 is 0. The summed E-state index contributed by atoms with van der Waals surface area (Å²) in [6.45, 7) is 1.88. The van der Waals surface area contributed by atoms with E-state index < -0.39 is 5.97 Å². The highest BCUT2D eigenvalue weighted by Gasteiger charge is 2.26. The SMILES string of the molecule is CC[C@@H](CC(=O)O)NC(=O)C1CCC1. The van der Waals surface area contributed by atoms with E-state index >= 15 is 0 Å². The largest absolute Gasteiger partial charge is 0.481 e. The van der Waals surface area contributed by atoms with Crippen molar-refractivity contribution in [2.75, 3.05) is 0 Å². The molecule has 0 aromatic carbocycles. The second kappa shape index (κ2) is 4.98. The predicted molar refractivity (Wildman–Crippen MR) is 51.8 cm³/mol. The van der Waals surface area contributed by atoms with Gasteiger partial charge in [-0.1, -0.05) is 13.3 Å². The number of amides is 1. The number of carbonyl (C=O) groups excluding carboxylic acids is 1. The molecule has 1 atom stereocenters. The maximum Gasteiger partial charge on any atom is 0.305 e. The van der Waals surface area contributed by atoms with Gasteiger partial charge >= 0.3 is 5.97 Å². The summed E-state index contributed by atoms with van der Waals surface area (Å²) in [5.74, 6) is -0.687. The molecule has 1 aliphatic carbocycles. The molecule has 0 heterocycles. The van der Waals surface area contributed by atoms with Crippen LogP contribution in [0.5, 0.6) is 0 Å². The van der Waals surface area contributed by atoms with Crippen LogP contribution >= 0.6 is 0 Å². The molecule has 14 heavy (non-hydrogen) atoms. The molecule has 4 nitrogen and oxygen atoms in total. The van der Waals surface area contributed by atoms with Crippen LogP contribution in [0.2, 0.25) is 0 Å². The second-order valence-corrected chi connectivity index (χ2v) is 3.84. The lowest BCUT2D eigenvalue weighted by Crippen LogP contribution is -2.41. The second-order valence-electron chi connectivity index (χ2n) is 3.84. The number of hydrogen-bond donors (Lipinski definition) is 2. The first kappa shape index (κ1) is 11.0. The monoisotopic (exact) mass is 199 g/mol. The Balaban J connectivity index is 2.31. The van der Waals surface area contributed by atoms with Gasteiger partial charge in [0.1, 0.15) is 0 Å². The minimum absolute atomic E-state index is 0.0228. The fourth-order valence-corrected chi connectivity index (χ4v) is 1.50. The van der Waals surface area contributed by atoms with Crippen LogP contribution in [0.15, 0.2) is 0 Å². The quantitative estimate of drug-likeness (QED) is 0.698. The van der Waals surface area contributed by atoms with Gasteiger partial charge in [0, 0.05) is 12.0 Å². The van der Waals surface area contributed by atoms with Crippen LogP contribution in [0.1, 0.15) is 39.0 Å². The summed E-state index contributed by atoms with van der Waals surface area (Å²) in [6, 6.07) is -0.208. The van der Waals surface area contributed by atoms with Crippen molar-refractivity contribution in [1.82, 2.24) is 5.32 Å². The molecule has 0 aromatic rings. The summed E-state index contributed by atoms with van der Waals surface area (Å²) in [5, 5.41) is 11.4. The Morgan fingerprint density at radius 1 is 1.50 bits per heavy atom. The lowest BCUT2D eigenvalue weighted by atomic mass is 9.84. The molecule has 0 radical (unpaired) electrons. The van der Waals surface area contributed by atoms with Gasteiger partial charge in [0.05, 0.1) is 6.42 Å². The van der Waals surface area contributed by atoms with Crippen LogP contribution in [0.3, 0.4) is 0 Å². The molecule has 0 saturated heterocycles. The van der Waals surface area contributed by atoms with Crippen molar-refractivity contribution in [1.29, 1.82) is 0 Å². The first-order valence-corrected chi connectivity index (χ1v) is 5.15. The van der Waals surface area contributed by atoms with Gasteiger partial charge in [0.15, 0.2) is 0 Å². The Kier molecular flexibility index (Phi) is 3.92. The lowest BCUT2D eigenvalue weighted by Gasteiger charge is -2.26. The van der Waals surface area contributed by atoms with Gasteiger partial charge in [-0.05, 0) is 19.3 Å². The summed E-state index contributed by atoms with van der Waals surface area (Å²) < 4.78 is 0. The number of rotatable bonds is 5. The average molecular weight is 199 g/mol. The number of aliphatic carboxylic acids is 1. The van der Waals surface area contributed by atoms with Gasteiger partial charge in [0.25, 0.3) is 0 Å². The van der Waals surface area contributed by atoms with Gasteiger partial charge in [-0.3, -0.25) is 9.59 Å². The summed E-state index contributed by atoms with van der Waals surface area (Å²) in [6.07, 6.45) is 3.72. The van der Waals surface area contributed by atoms with Crippen molar-refractivity contribution in [3.8, 4) is 0 Å². The van der Waals surface area contributed by atoms with Gasteiger partial charge in [-0.2, -0.15) is 0 Å². The highest BCUT2D eigenvalue weighted by molar-refractivity contribution is 5.80. The molecule has 80 valence electrons. The minimum Gasteiger partial charge on any atom is -0.481 e. The molecule has 1 amide bonds. The van der Waals surface area contributed by atoms with E-state index in [4.69, 9.17) is 5.11 Å². The highest BCUT2D eigenvalue weighted by atomic mass is 16.4. The van der Waals surface area contributed by atoms with Crippen molar-refractivity contribution < 1.29 is 14.7 Å². The van der Waals surface area contributed by atoms with E-state index in [9.17, 15) is 9.59 Å². The molecule has 1 aliphatic rings. The van der Waals surface area contributed by atoms with Crippen LogP contribution < -0.4 is 5.32 Å². The molecule has 1 fully saturated rings. The van der Waals surface area contributed by atoms with Crippen LogP contribution in [-0.2, 0) is 9.59 Å². The first-order valence-electron chi connectivity index (χ1n) is 5.15. The van der Waals surface area contributed by atoms with Crippen molar-refractivity contribution in [2.45, 2.75) is 45.1 Å². The predicted octanol–water partition coefficient (Wildman–Crippen LogP) is 1.16. The fraction of sp³-hybridized carbons (Fsp3) is 0.800. The number of hydrogen-bond acceptors (Lipinski definition) is 2. The van der Waals surface area contributed by atoms with E-state index in [0.717, 1.165) is 19.3 Å². The first-order chi connectivity index (χ1) is 6.63. The molecule has 0 bridgehead atoms. The van der Waals surface area contributed by atoms with E-state index in [1.165, 1.54) is 0 Å². The minimum atomic E-state index is -0.856. The molecule has 1 rings (SSSR count). The Labute approximate surface area is 83.7 Å². The third kappa shape index (κ3) is 3.01. The third-order valence-corrected chi connectivity index (χ3v) is 2.74. The normalized spacial score (nSPS) is 18.4. The van der Waals surface area contributed by atoms with E-state index in [1.807, 2.05) is 6.92 Å². The number of carboxylic acid groups (broad SMARTS) is 1. The van der Waals surface area contributed by atoms with E-state index in [1.54, 1.807) is 0 Å². The molecule has 4 heteroatoms. The Hall–Kier alpha value is -1.06. The smallest absolute Gasteiger partial charge is 0.305 e. The van der Waals surface area contributed by atoms with Crippen molar-refractivity contribution >= 4 is 11.9 Å². The van der Waals surface area contributed by atoms with Crippen LogP contribution in [0, 0.1) is 5.92 Å². The van der Waals surface area contributed by atoms with Gasteiger partial charge in [-0.25, -0.2) is 0 Å². The van der Waals surface area contributed by atoms with Gasteiger partial charge in [-0.15, -0.1) is 0 Å². The fourth-order valence-electron chi connectivity index (χ4n) is 1.50. The van der Waals surface area contributed by atoms with Crippen LogP contribution in [0.25, 0.3) is 0 Å². The number of carboxylic acids is 1. The summed E-state index contributed by atoms with van der Waals surface area (Å²) in [7, 11) is 0. The van der Waals surface area contributed by atoms with E-state index in [-0.39, 0.29) is 24.3 Å². The van der Waals surface area contributed by atoms with Crippen molar-refractivity contribution in [2.24, 2.45) is 5.92 Å². The summed E-state index contributed by atoms with van der Waals surface area (Å²) in [4.78, 5) is 21.9. The van der Waals surface area contributed by atoms with Crippen LogP contribution in [-0.4, -0.2) is 23.0 Å². The summed E-state index contributed by atoms with van der Waals surface area (Å²) in [5.41, 5.74) is 0. The molecule has 0 spiro atoms. The van der Waals surface area contributed by atoms with Crippen molar-refractivity contribution in [3.05, 3.63) is 0 Å². The average Bonchev–Trinajstić information content (AvgIpc) is 1.98. The maximum atomic E-state index is 11.5. The maximum absolute atomic E-state index is 11.5. The molecule has 2 N–H and O–H groups in total. The third-order valence-electron chi connectivity index (χ3n) is 2.74. The zero-order valence-corrected chi connectivity index (χ0v) is 8.45. The Bertz CT molecular complexity index is 223. The molecule has 0 unspecified atom stereocenters. The Morgan fingerprint density at radius 3 is 2.50 bits per heavy atom. The van der Waals surface area contributed by atoms with E-state index in [0.29, 0.717) is 6.42 Å². The highest BCUT2D eigenvalue weighted by Crippen LogP contribution is 2.26. The molecule has 1 saturated carbocycles. The van der Waals surface area contributed by atoms with Gasteiger partial charge < -0.3 is 10.4 Å². The molecule has 0 aliphatic heterocycles. The zero-order chi connectivity index (χ0) is 10.6. The van der Waals surface area contributed by atoms with Crippen LogP contribution in [0.4, 0.5) is 0 Å².